The van der Waals surface area contributed by atoms with Crippen LogP contribution in [0.5, 0.6) is 0 Å². The first kappa shape index (κ1) is 17.7. The van der Waals surface area contributed by atoms with Crippen molar-refractivity contribution in [1.29, 1.82) is 0 Å². The standard InChI is InChI=1S/C19H22N2O3/c1-19(24,16-7-5-4-6-8-16)13-20-17(22)14-9-11-15(12-10-14)18(23)21(2)3/h4-12,24H,13H2,1-3H3,(H,20,22). The molecule has 1 unspecified atom stereocenters. The van der Waals surface area contributed by atoms with Gasteiger partial charge in [-0.1, -0.05) is 30.3 Å². The number of carbonyl (C=O) groups is 2. The van der Waals surface area contributed by atoms with Crippen LogP contribution in [0.4, 0.5) is 0 Å². The minimum Gasteiger partial charge on any atom is -0.384 e. The molecule has 24 heavy (non-hydrogen) atoms. The summed E-state index contributed by atoms with van der Waals surface area (Å²) in [5, 5.41) is 13.2. The quantitative estimate of drug-likeness (QED) is 0.883. The van der Waals surface area contributed by atoms with Crippen molar-refractivity contribution in [3.8, 4) is 0 Å². The third-order valence-electron chi connectivity index (χ3n) is 3.79. The van der Waals surface area contributed by atoms with Crippen LogP contribution >= 0.6 is 0 Å². The summed E-state index contributed by atoms with van der Waals surface area (Å²) in [7, 11) is 3.35. The Labute approximate surface area is 141 Å². The van der Waals surface area contributed by atoms with Crippen LogP contribution in [0, 0.1) is 0 Å². The number of amides is 2. The largest absolute Gasteiger partial charge is 0.384 e. The monoisotopic (exact) mass is 326 g/mol. The highest BCUT2D eigenvalue weighted by molar-refractivity contribution is 5.97. The molecule has 0 heterocycles. The predicted octanol–water partition coefficient (Wildman–Crippen LogP) is 2.03. The van der Waals surface area contributed by atoms with E-state index >= 15 is 0 Å². The van der Waals surface area contributed by atoms with Crippen LogP contribution < -0.4 is 5.32 Å². The Hall–Kier alpha value is -2.66. The molecule has 1 atom stereocenters. The molecule has 0 radical (unpaired) electrons. The van der Waals surface area contributed by atoms with Crippen LogP contribution in [0.15, 0.2) is 54.6 Å². The zero-order chi connectivity index (χ0) is 17.7. The average molecular weight is 326 g/mol. The van der Waals surface area contributed by atoms with Crippen LogP contribution in [0.2, 0.25) is 0 Å². The van der Waals surface area contributed by atoms with E-state index in [-0.39, 0.29) is 18.4 Å². The van der Waals surface area contributed by atoms with Gasteiger partial charge in [-0.15, -0.1) is 0 Å². The number of rotatable bonds is 5. The Balaban J connectivity index is 2.01. The van der Waals surface area contributed by atoms with Gasteiger partial charge in [-0.05, 0) is 36.8 Å². The summed E-state index contributed by atoms with van der Waals surface area (Å²) in [6, 6.07) is 15.6. The topological polar surface area (TPSA) is 69.6 Å². The summed E-state index contributed by atoms with van der Waals surface area (Å²) in [4.78, 5) is 25.5. The molecule has 0 saturated carbocycles. The Kier molecular flexibility index (Phi) is 5.36. The van der Waals surface area contributed by atoms with Gasteiger partial charge in [0.05, 0.1) is 6.54 Å². The van der Waals surface area contributed by atoms with E-state index in [4.69, 9.17) is 0 Å². The highest BCUT2D eigenvalue weighted by Crippen LogP contribution is 2.19. The second-order valence-corrected chi connectivity index (χ2v) is 6.10. The van der Waals surface area contributed by atoms with Crippen molar-refractivity contribution < 1.29 is 14.7 Å². The summed E-state index contributed by atoms with van der Waals surface area (Å²) < 4.78 is 0. The second-order valence-electron chi connectivity index (χ2n) is 6.10. The fourth-order valence-corrected chi connectivity index (χ4v) is 2.28. The van der Waals surface area contributed by atoms with Crippen LogP contribution in [0.3, 0.4) is 0 Å². The molecule has 0 fully saturated rings. The van der Waals surface area contributed by atoms with Crippen molar-refractivity contribution in [3.63, 3.8) is 0 Å². The third kappa shape index (κ3) is 4.20. The number of nitrogens with zero attached hydrogens (tertiary/aromatic N) is 1. The summed E-state index contributed by atoms with van der Waals surface area (Å²) in [5.74, 6) is -0.413. The Bertz CT molecular complexity index is 707. The summed E-state index contributed by atoms with van der Waals surface area (Å²) >= 11 is 0. The molecule has 0 bridgehead atoms. The normalized spacial score (nSPS) is 13.0. The second kappa shape index (κ2) is 7.27. The zero-order valence-electron chi connectivity index (χ0n) is 14.1. The van der Waals surface area contributed by atoms with Crippen LogP contribution in [-0.4, -0.2) is 42.5 Å². The van der Waals surface area contributed by atoms with Gasteiger partial charge in [-0.2, -0.15) is 0 Å². The maximum absolute atomic E-state index is 12.2. The van der Waals surface area contributed by atoms with E-state index < -0.39 is 5.60 Å². The maximum atomic E-state index is 12.2. The number of hydrogen-bond acceptors (Lipinski definition) is 3. The van der Waals surface area contributed by atoms with Gasteiger partial charge in [0.1, 0.15) is 5.60 Å². The molecule has 2 rings (SSSR count). The third-order valence-corrected chi connectivity index (χ3v) is 3.79. The molecule has 0 aliphatic rings. The number of hydrogen-bond donors (Lipinski definition) is 2. The molecule has 0 saturated heterocycles. The van der Waals surface area contributed by atoms with Gasteiger partial charge in [0.25, 0.3) is 11.8 Å². The summed E-state index contributed by atoms with van der Waals surface area (Å²) in [6.07, 6.45) is 0. The molecule has 0 spiro atoms. The van der Waals surface area contributed by atoms with Gasteiger partial charge in [-0.3, -0.25) is 9.59 Å². The Morgan fingerprint density at radius 3 is 2.08 bits per heavy atom. The van der Waals surface area contributed by atoms with E-state index in [0.717, 1.165) is 5.56 Å². The highest BCUT2D eigenvalue weighted by Gasteiger charge is 2.23. The lowest BCUT2D eigenvalue weighted by Crippen LogP contribution is -2.38. The minimum atomic E-state index is -1.16. The lowest BCUT2D eigenvalue weighted by atomic mass is 9.96. The molecule has 126 valence electrons. The van der Waals surface area contributed by atoms with Crippen molar-refractivity contribution in [1.82, 2.24) is 10.2 Å². The molecule has 2 aromatic carbocycles. The van der Waals surface area contributed by atoms with Gasteiger partial charge in [0.2, 0.25) is 0 Å². The summed E-state index contributed by atoms with van der Waals surface area (Å²) in [6.45, 7) is 1.75. The molecule has 2 amide bonds. The van der Waals surface area contributed by atoms with Crippen molar-refractivity contribution in [2.45, 2.75) is 12.5 Å². The summed E-state index contributed by atoms with van der Waals surface area (Å²) in [5.41, 5.74) is 0.539. The molecule has 2 aromatic rings. The molecular formula is C19H22N2O3. The van der Waals surface area contributed by atoms with E-state index in [1.165, 1.54) is 4.90 Å². The van der Waals surface area contributed by atoms with Crippen molar-refractivity contribution >= 4 is 11.8 Å². The molecule has 5 nitrogen and oxygen atoms in total. The van der Waals surface area contributed by atoms with Crippen molar-refractivity contribution in [2.24, 2.45) is 0 Å². The fourth-order valence-electron chi connectivity index (χ4n) is 2.28. The Morgan fingerprint density at radius 1 is 1.00 bits per heavy atom. The molecule has 0 aromatic heterocycles. The van der Waals surface area contributed by atoms with Crippen LogP contribution in [0.1, 0.15) is 33.2 Å². The first-order valence-corrected chi connectivity index (χ1v) is 7.69. The first-order chi connectivity index (χ1) is 11.3. The lowest BCUT2D eigenvalue weighted by Gasteiger charge is -2.24. The van der Waals surface area contributed by atoms with Gasteiger partial charge in [0, 0.05) is 25.2 Å². The van der Waals surface area contributed by atoms with Gasteiger partial charge in [0.15, 0.2) is 0 Å². The lowest BCUT2D eigenvalue weighted by molar-refractivity contribution is 0.0526. The van der Waals surface area contributed by atoms with E-state index in [9.17, 15) is 14.7 Å². The maximum Gasteiger partial charge on any atom is 0.253 e. The number of aliphatic hydroxyl groups is 1. The highest BCUT2D eigenvalue weighted by atomic mass is 16.3. The SMILES string of the molecule is CN(C)C(=O)c1ccc(C(=O)NCC(C)(O)c2ccccc2)cc1. The van der Waals surface area contributed by atoms with E-state index in [1.807, 2.05) is 30.3 Å². The smallest absolute Gasteiger partial charge is 0.253 e. The van der Waals surface area contributed by atoms with Gasteiger partial charge in [-0.25, -0.2) is 0 Å². The minimum absolute atomic E-state index is 0.0915. The molecule has 0 aliphatic carbocycles. The number of benzene rings is 2. The molecular weight excluding hydrogens is 304 g/mol. The Morgan fingerprint density at radius 2 is 1.54 bits per heavy atom. The van der Waals surface area contributed by atoms with E-state index in [2.05, 4.69) is 5.32 Å². The van der Waals surface area contributed by atoms with Gasteiger partial charge >= 0.3 is 0 Å². The first-order valence-electron chi connectivity index (χ1n) is 7.69. The molecule has 0 aliphatic heterocycles. The van der Waals surface area contributed by atoms with Gasteiger partial charge < -0.3 is 15.3 Å². The average Bonchev–Trinajstić information content (AvgIpc) is 2.60. The number of carbonyl (C=O) groups excluding carboxylic acids is 2. The molecule has 2 N–H and O–H groups in total. The zero-order valence-corrected chi connectivity index (χ0v) is 14.1. The van der Waals surface area contributed by atoms with Crippen LogP contribution in [-0.2, 0) is 5.60 Å². The van der Waals surface area contributed by atoms with Crippen molar-refractivity contribution in [3.05, 3.63) is 71.3 Å². The predicted molar refractivity (Wildman–Crippen MR) is 92.8 cm³/mol. The fraction of sp³-hybridized carbons (Fsp3) is 0.263. The van der Waals surface area contributed by atoms with E-state index in [0.29, 0.717) is 11.1 Å². The molecule has 5 heteroatoms. The van der Waals surface area contributed by atoms with Crippen LogP contribution in [0.25, 0.3) is 0 Å². The van der Waals surface area contributed by atoms with Crippen molar-refractivity contribution in [2.75, 3.05) is 20.6 Å². The van der Waals surface area contributed by atoms with E-state index in [1.54, 1.807) is 45.3 Å². The number of nitrogens with one attached hydrogen (secondary N) is 1.